The Morgan fingerprint density at radius 3 is 2.46 bits per heavy atom. The lowest BCUT2D eigenvalue weighted by molar-refractivity contribution is -0.114. The summed E-state index contributed by atoms with van der Waals surface area (Å²) in [6.07, 6.45) is 0.889. The summed E-state index contributed by atoms with van der Waals surface area (Å²) < 4.78 is 5.69. The average molecular weight is 383 g/mol. The van der Waals surface area contributed by atoms with Crippen molar-refractivity contribution in [2.24, 2.45) is 5.92 Å². The molecule has 2 aromatic carbocycles. The smallest absolute Gasteiger partial charge is 0.251 e. The zero-order valence-corrected chi connectivity index (χ0v) is 16.7. The van der Waals surface area contributed by atoms with Gasteiger partial charge in [0.2, 0.25) is 5.91 Å². The van der Waals surface area contributed by atoms with Crippen molar-refractivity contribution in [3.63, 3.8) is 0 Å². The van der Waals surface area contributed by atoms with Gasteiger partial charge in [-0.3, -0.25) is 9.59 Å². The van der Waals surface area contributed by atoms with Gasteiger partial charge >= 0.3 is 0 Å². The molecule has 0 heterocycles. The van der Waals surface area contributed by atoms with Crippen LogP contribution in [0.2, 0.25) is 0 Å². The maximum Gasteiger partial charge on any atom is 0.251 e. The van der Waals surface area contributed by atoms with Crippen LogP contribution in [0.4, 0.5) is 11.4 Å². The van der Waals surface area contributed by atoms with E-state index in [-0.39, 0.29) is 18.4 Å². The summed E-state index contributed by atoms with van der Waals surface area (Å²) >= 11 is 0. The van der Waals surface area contributed by atoms with Gasteiger partial charge in [0.15, 0.2) is 0 Å². The highest BCUT2D eigenvalue weighted by atomic mass is 16.5. The molecule has 28 heavy (non-hydrogen) atoms. The molecule has 0 atom stereocenters. The highest BCUT2D eigenvalue weighted by Gasteiger charge is 2.07. The molecule has 2 aromatic rings. The van der Waals surface area contributed by atoms with Crippen LogP contribution in [0, 0.1) is 5.92 Å². The van der Waals surface area contributed by atoms with Crippen molar-refractivity contribution in [1.29, 1.82) is 0 Å². The molecule has 0 saturated heterocycles. The number of ether oxygens (including phenoxy) is 1. The van der Waals surface area contributed by atoms with E-state index in [2.05, 4.69) is 29.8 Å². The minimum atomic E-state index is -0.170. The zero-order chi connectivity index (χ0) is 20.4. The van der Waals surface area contributed by atoms with E-state index in [9.17, 15) is 9.59 Å². The molecule has 0 aliphatic heterocycles. The van der Waals surface area contributed by atoms with E-state index in [0.717, 1.165) is 17.9 Å². The number of carbonyl (C=O) groups is 2. The van der Waals surface area contributed by atoms with Crippen molar-refractivity contribution in [2.75, 3.05) is 30.3 Å². The first-order valence-electron chi connectivity index (χ1n) is 9.62. The van der Waals surface area contributed by atoms with Crippen LogP contribution >= 0.6 is 0 Å². The van der Waals surface area contributed by atoms with Crippen LogP contribution in [-0.2, 0) is 4.79 Å². The van der Waals surface area contributed by atoms with Crippen LogP contribution in [0.25, 0.3) is 0 Å². The van der Waals surface area contributed by atoms with Gasteiger partial charge in [0, 0.05) is 29.5 Å². The van der Waals surface area contributed by atoms with Crippen molar-refractivity contribution in [3.8, 4) is 5.75 Å². The third-order valence-electron chi connectivity index (χ3n) is 3.84. The molecule has 0 fully saturated rings. The standard InChI is InChI=1S/C22H29N3O3/c1-4-12-23-22(27)17-8-10-18(11-9-17)25-21(26)14-24-19-6-5-7-20(13-19)28-15-16(2)3/h5-11,13,16,24H,4,12,14-15H2,1-3H3,(H,23,27)(H,25,26). The first-order chi connectivity index (χ1) is 13.5. The van der Waals surface area contributed by atoms with Crippen LogP contribution in [0.5, 0.6) is 5.75 Å². The Morgan fingerprint density at radius 2 is 1.79 bits per heavy atom. The SMILES string of the molecule is CCCNC(=O)c1ccc(NC(=O)CNc2cccc(OCC(C)C)c2)cc1. The van der Waals surface area contributed by atoms with Crippen LogP contribution < -0.4 is 20.7 Å². The van der Waals surface area contributed by atoms with E-state index >= 15 is 0 Å². The summed E-state index contributed by atoms with van der Waals surface area (Å²) in [7, 11) is 0. The minimum Gasteiger partial charge on any atom is -0.493 e. The number of rotatable bonds is 10. The third-order valence-corrected chi connectivity index (χ3v) is 3.84. The lowest BCUT2D eigenvalue weighted by Gasteiger charge is -2.11. The number of hydrogen-bond acceptors (Lipinski definition) is 4. The Labute approximate surface area is 166 Å². The molecule has 0 radical (unpaired) electrons. The summed E-state index contributed by atoms with van der Waals surface area (Å²) in [5.41, 5.74) is 2.04. The van der Waals surface area contributed by atoms with E-state index < -0.39 is 0 Å². The van der Waals surface area contributed by atoms with E-state index in [1.54, 1.807) is 24.3 Å². The lowest BCUT2D eigenvalue weighted by Crippen LogP contribution is -2.24. The van der Waals surface area contributed by atoms with Gasteiger partial charge in [-0.1, -0.05) is 26.8 Å². The summed E-state index contributed by atoms with van der Waals surface area (Å²) in [5.74, 6) is 0.945. The van der Waals surface area contributed by atoms with E-state index in [1.165, 1.54) is 0 Å². The number of anilines is 2. The number of carbonyl (C=O) groups excluding carboxylic acids is 2. The van der Waals surface area contributed by atoms with Crippen molar-refractivity contribution in [2.45, 2.75) is 27.2 Å². The van der Waals surface area contributed by atoms with Crippen molar-refractivity contribution >= 4 is 23.2 Å². The molecular weight excluding hydrogens is 354 g/mol. The van der Waals surface area contributed by atoms with Gasteiger partial charge < -0.3 is 20.7 Å². The van der Waals surface area contributed by atoms with Crippen molar-refractivity contribution in [3.05, 3.63) is 54.1 Å². The molecule has 6 heteroatoms. The van der Waals surface area contributed by atoms with Gasteiger partial charge in [0.25, 0.3) is 5.91 Å². The van der Waals surface area contributed by atoms with Gasteiger partial charge in [0.05, 0.1) is 13.2 Å². The molecule has 0 aliphatic rings. The van der Waals surface area contributed by atoms with E-state index in [1.807, 2.05) is 31.2 Å². The molecule has 6 nitrogen and oxygen atoms in total. The summed E-state index contributed by atoms with van der Waals surface area (Å²) in [6, 6.07) is 14.4. The normalized spacial score (nSPS) is 10.4. The number of benzene rings is 2. The molecule has 0 saturated carbocycles. The van der Waals surface area contributed by atoms with Crippen LogP contribution in [0.15, 0.2) is 48.5 Å². The predicted octanol–water partition coefficient (Wildman–Crippen LogP) is 3.91. The van der Waals surface area contributed by atoms with Crippen LogP contribution in [0.1, 0.15) is 37.6 Å². The second-order valence-electron chi connectivity index (χ2n) is 6.97. The van der Waals surface area contributed by atoms with E-state index in [0.29, 0.717) is 30.3 Å². The molecule has 0 unspecified atom stereocenters. The Balaban J connectivity index is 1.82. The predicted molar refractivity (Wildman–Crippen MR) is 113 cm³/mol. The Kier molecular flexibility index (Phi) is 8.34. The first-order valence-corrected chi connectivity index (χ1v) is 9.62. The van der Waals surface area contributed by atoms with Crippen LogP contribution in [0.3, 0.4) is 0 Å². The second-order valence-corrected chi connectivity index (χ2v) is 6.97. The zero-order valence-electron chi connectivity index (χ0n) is 16.7. The highest BCUT2D eigenvalue weighted by Crippen LogP contribution is 2.18. The lowest BCUT2D eigenvalue weighted by atomic mass is 10.2. The monoisotopic (exact) mass is 383 g/mol. The Bertz CT molecular complexity index is 773. The van der Waals surface area contributed by atoms with Gasteiger partial charge in [0.1, 0.15) is 5.75 Å². The Hall–Kier alpha value is -3.02. The van der Waals surface area contributed by atoms with Gasteiger partial charge in [-0.25, -0.2) is 0 Å². The molecule has 0 spiro atoms. The molecule has 2 rings (SSSR count). The van der Waals surface area contributed by atoms with E-state index in [4.69, 9.17) is 4.74 Å². The minimum absolute atomic E-state index is 0.110. The summed E-state index contributed by atoms with van der Waals surface area (Å²) in [4.78, 5) is 24.1. The quantitative estimate of drug-likeness (QED) is 0.581. The number of nitrogens with one attached hydrogen (secondary N) is 3. The number of amides is 2. The number of hydrogen-bond donors (Lipinski definition) is 3. The maximum absolute atomic E-state index is 12.2. The fourth-order valence-corrected chi connectivity index (χ4v) is 2.39. The Morgan fingerprint density at radius 1 is 1.04 bits per heavy atom. The van der Waals surface area contributed by atoms with Gasteiger partial charge in [-0.05, 0) is 48.7 Å². The largest absolute Gasteiger partial charge is 0.493 e. The molecular formula is C22H29N3O3. The average Bonchev–Trinajstić information content (AvgIpc) is 2.70. The van der Waals surface area contributed by atoms with Gasteiger partial charge in [-0.2, -0.15) is 0 Å². The second kappa shape index (κ2) is 11.0. The highest BCUT2D eigenvalue weighted by molar-refractivity contribution is 5.96. The molecule has 150 valence electrons. The summed E-state index contributed by atoms with van der Waals surface area (Å²) in [5, 5.41) is 8.72. The third kappa shape index (κ3) is 7.31. The topological polar surface area (TPSA) is 79.5 Å². The maximum atomic E-state index is 12.2. The van der Waals surface area contributed by atoms with Gasteiger partial charge in [-0.15, -0.1) is 0 Å². The fourth-order valence-electron chi connectivity index (χ4n) is 2.39. The molecule has 0 aliphatic carbocycles. The summed E-state index contributed by atoms with van der Waals surface area (Å²) in [6.45, 7) is 7.62. The molecule has 2 amide bonds. The van der Waals surface area contributed by atoms with Crippen molar-refractivity contribution < 1.29 is 14.3 Å². The van der Waals surface area contributed by atoms with Crippen molar-refractivity contribution in [1.82, 2.24) is 5.32 Å². The molecule has 0 bridgehead atoms. The molecule has 3 N–H and O–H groups in total. The first kappa shape index (κ1) is 21.3. The molecule has 0 aromatic heterocycles. The fraction of sp³-hybridized carbons (Fsp3) is 0.364. The van der Waals surface area contributed by atoms with Crippen LogP contribution in [-0.4, -0.2) is 31.5 Å².